The number of rotatable bonds is 7. The Morgan fingerprint density at radius 3 is 2.96 bits per heavy atom. The number of nitriles is 1. The maximum Gasteiger partial charge on any atom is 0.267 e. The van der Waals surface area contributed by atoms with Crippen LogP contribution in [0.15, 0.2) is 36.0 Å². The van der Waals surface area contributed by atoms with Crippen molar-refractivity contribution in [2.45, 2.75) is 26.2 Å². The third kappa shape index (κ3) is 5.13. The van der Waals surface area contributed by atoms with Gasteiger partial charge in [-0.2, -0.15) is 5.26 Å². The summed E-state index contributed by atoms with van der Waals surface area (Å²) in [4.78, 5) is 25.4. The summed E-state index contributed by atoms with van der Waals surface area (Å²) < 4.78 is 0. The van der Waals surface area contributed by atoms with E-state index in [1.54, 1.807) is 6.07 Å². The van der Waals surface area contributed by atoms with Crippen LogP contribution >= 0.6 is 0 Å². The van der Waals surface area contributed by atoms with E-state index in [0.29, 0.717) is 25.2 Å². The first-order chi connectivity index (χ1) is 11.6. The second-order valence-corrected chi connectivity index (χ2v) is 5.79. The molecule has 0 spiro atoms. The van der Waals surface area contributed by atoms with E-state index in [1.807, 2.05) is 36.1 Å². The fourth-order valence-electron chi connectivity index (χ4n) is 2.56. The van der Waals surface area contributed by atoms with Gasteiger partial charge in [0.1, 0.15) is 11.6 Å². The number of hydrogen-bond donors (Lipinski definition) is 2. The summed E-state index contributed by atoms with van der Waals surface area (Å²) in [7, 11) is 0. The van der Waals surface area contributed by atoms with Crippen molar-refractivity contribution < 1.29 is 9.59 Å². The third-order valence-electron chi connectivity index (χ3n) is 3.81. The molecule has 2 amide bonds. The van der Waals surface area contributed by atoms with Crippen molar-refractivity contribution in [2.24, 2.45) is 0 Å². The number of carbonyl (C=O) groups excluding carboxylic acids is 2. The maximum absolute atomic E-state index is 12.1. The predicted molar refractivity (Wildman–Crippen MR) is 91.9 cm³/mol. The standard InChI is InChI=1S/C18H22N4O2/c1-14-5-2-6-16(11-14)21-18(24)15(12-19)13-20-8-4-10-22-9-3-7-17(22)23/h2,5-6,11,13,20H,3-4,7-10H2,1H3,(H,21,24)/b15-13-. The van der Waals surface area contributed by atoms with Crippen molar-refractivity contribution in [1.29, 1.82) is 5.26 Å². The molecule has 6 nitrogen and oxygen atoms in total. The van der Waals surface area contributed by atoms with E-state index in [2.05, 4.69) is 10.6 Å². The van der Waals surface area contributed by atoms with Crippen LogP contribution in [0.25, 0.3) is 0 Å². The summed E-state index contributed by atoms with van der Waals surface area (Å²) >= 11 is 0. The predicted octanol–water partition coefficient (Wildman–Crippen LogP) is 1.94. The SMILES string of the molecule is Cc1cccc(NC(=O)/C(C#N)=C\NCCCN2CCCC2=O)c1. The Kier molecular flexibility index (Phi) is 6.38. The van der Waals surface area contributed by atoms with Crippen LogP contribution in [0.2, 0.25) is 0 Å². The smallest absolute Gasteiger partial charge is 0.267 e. The molecule has 6 heteroatoms. The Bertz CT molecular complexity index is 676. The molecule has 2 rings (SSSR count). The number of benzene rings is 1. The highest BCUT2D eigenvalue weighted by Gasteiger charge is 2.18. The Balaban J connectivity index is 1.77. The molecule has 1 heterocycles. The number of likely N-dealkylation sites (tertiary alicyclic amines) is 1. The van der Waals surface area contributed by atoms with Gasteiger partial charge in [0.05, 0.1) is 0 Å². The molecule has 2 N–H and O–H groups in total. The molecule has 1 aliphatic heterocycles. The van der Waals surface area contributed by atoms with Gasteiger partial charge >= 0.3 is 0 Å². The summed E-state index contributed by atoms with van der Waals surface area (Å²) in [5.74, 6) is -0.230. The number of aryl methyl sites for hydroxylation is 1. The number of nitrogens with zero attached hydrogens (tertiary/aromatic N) is 2. The number of anilines is 1. The van der Waals surface area contributed by atoms with Crippen LogP contribution in [0, 0.1) is 18.3 Å². The van der Waals surface area contributed by atoms with Gasteiger partial charge in [-0.05, 0) is 37.5 Å². The lowest BCUT2D eigenvalue weighted by atomic mass is 10.2. The first-order valence-corrected chi connectivity index (χ1v) is 8.09. The summed E-state index contributed by atoms with van der Waals surface area (Å²) in [5.41, 5.74) is 1.72. The minimum atomic E-state index is -0.440. The summed E-state index contributed by atoms with van der Waals surface area (Å²) in [6.07, 6.45) is 3.78. The Labute approximate surface area is 142 Å². The van der Waals surface area contributed by atoms with Crippen molar-refractivity contribution in [2.75, 3.05) is 25.0 Å². The highest BCUT2D eigenvalue weighted by atomic mass is 16.2. The zero-order chi connectivity index (χ0) is 17.4. The van der Waals surface area contributed by atoms with E-state index in [-0.39, 0.29) is 11.5 Å². The lowest BCUT2D eigenvalue weighted by molar-refractivity contribution is -0.127. The average molecular weight is 326 g/mol. The molecule has 0 atom stereocenters. The molecule has 126 valence electrons. The van der Waals surface area contributed by atoms with Gasteiger partial charge in [-0.15, -0.1) is 0 Å². The Hall–Kier alpha value is -2.81. The summed E-state index contributed by atoms with van der Waals surface area (Å²) in [5, 5.41) is 14.8. The number of hydrogen-bond acceptors (Lipinski definition) is 4. The van der Waals surface area contributed by atoms with Gasteiger partial charge in [0, 0.05) is 37.9 Å². The van der Waals surface area contributed by atoms with E-state index in [4.69, 9.17) is 5.26 Å². The van der Waals surface area contributed by atoms with E-state index >= 15 is 0 Å². The van der Waals surface area contributed by atoms with Crippen LogP contribution in [0.3, 0.4) is 0 Å². The van der Waals surface area contributed by atoms with Crippen LogP contribution in [0.5, 0.6) is 0 Å². The Morgan fingerprint density at radius 2 is 2.29 bits per heavy atom. The highest BCUT2D eigenvalue weighted by Crippen LogP contribution is 2.11. The van der Waals surface area contributed by atoms with E-state index in [0.717, 1.165) is 24.9 Å². The van der Waals surface area contributed by atoms with E-state index in [9.17, 15) is 9.59 Å². The van der Waals surface area contributed by atoms with Crippen molar-refractivity contribution >= 4 is 17.5 Å². The molecule has 0 unspecified atom stereocenters. The molecule has 0 saturated carbocycles. The highest BCUT2D eigenvalue weighted by molar-refractivity contribution is 6.06. The van der Waals surface area contributed by atoms with E-state index < -0.39 is 5.91 Å². The van der Waals surface area contributed by atoms with Crippen molar-refractivity contribution in [3.05, 3.63) is 41.6 Å². The van der Waals surface area contributed by atoms with E-state index in [1.165, 1.54) is 6.20 Å². The molecular formula is C18H22N4O2. The Morgan fingerprint density at radius 1 is 1.46 bits per heavy atom. The molecule has 0 radical (unpaired) electrons. The van der Waals surface area contributed by atoms with Crippen LogP contribution in [0.1, 0.15) is 24.8 Å². The van der Waals surface area contributed by atoms with Gasteiger partial charge in [-0.25, -0.2) is 0 Å². The van der Waals surface area contributed by atoms with Crippen molar-refractivity contribution in [1.82, 2.24) is 10.2 Å². The lowest BCUT2D eigenvalue weighted by Crippen LogP contribution is -2.27. The van der Waals surface area contributed by atoms with Gasteiger partial charge in [-0.3, -0.25) is 9.59 Å². The molecule has 1 saturated heterocycles. The summed E-state index contributed by atoms with van der Waals surface area (Å²) in [6.45, 7) is 4.07. The topological polar surface area (TPSA) is 85.2 Å². The molecule has 1 aromatic carbocycles. The second-order valence-electron chi connectivity index (χ2n) is 5.79. The first kappa shape index (κ1) is 17.5. The fraction of sp³-hybridized carbons (Fsp3) is 0.389. The zero-order valence-electron chi connectivity index (χ0n) is 13.8. The van der Waals surface area contributed by atoms with Crippen molar-refractivity contribution in [3.8, 4) is 6.07 Å². The number of nitrogens with one attached hydrogen (secondary N) is 2. The molecule has 0 aromatic heterocycles. The molecular weight excluding hydrogens is 304 g/mol. The number of carbonyl (C=O) groups is 2. The minimum absolute atomic E-state index is 0.0220. The molecule has 0 aliphatic carbocycles. The largest absolute Gasteiger partial charge is 0.390 e. The molecule has 0 bridgehead atoms. The lowest BCUT2D eigenvalue weighted by Gasteiger charge is -2.14. The molecule has 1 fully saturated rings. The van der Waals surface area contributed by atoms with Gasteiger partial charge in [0.2, 0.25) is 5.91 Å². The van der Waals surface area contributed by atoms with Crippen LogP contribution in [0.4, 0.5) is 5.69 Å². The monoisotopic (exact) mass is 326 g/mol. The maximum atomic E-state index is 12.1. The molecule has 1 aromatic rings. The van der Waals surface area contributed by atoms with Crippen LogP contribution in [-0.2, 0) is 9.59 Å². The van der Waals surface area contributed by atoms with Gasteiger partial charge < -0.3 is 15.5 Å². The quantitative estimate of drug-likeness (QED) is 0.455. The molecule has 24 heavy (non-hydrogen) atoms. The van der Waals surface area contributed by atoms with Gasteiger partial charge in [0.25, 0.3) is 5.91 Å². The van der Waals surface area contributed by atoms with Crippen LogP contribution < -0.4 is 10.6 Å². The third-order valence-corrected chi connectivity index (χ3v) is 3.81. The molecule has 1 aliphatic rings. The second kappa shape index (κ2) is 8.73. The van der Waals surface area contributed by atoms with Gasteiger partial charge in [-0.1, -0.05) is 12.1 Å². The van der Waals surface area contributed by atoms with Crippen LogP contribution in [-0.4, -0.2) is 36.3 Å². The zero-order valence-corrected chi connectivity index (χ0v) is 13.8. The number of amides is 2. The van der Waals surface area contributed by atoms with Crippen molar-refractivity contribution in [3.63, 3.8) is 0 Å². The average Bonchev–Trinajstić information content (AvgIpc) is 2.96. The summed E-state index contributed by atoms with van der Waals surface area (Å²) in [6, 6.07) is 9.30. The normalized spacial score (nSPS) is 14.4. The minimum Gasteiger partial charge on any atom is -0.390 e. The first-order valence-electron chi connectivity index (χ1n) is 8.09. The van der Waals surface area contributed by atoms with Gasteiger partial charge in [0.15, 0.2) is 0 Å². The fourth-order valence-corrected chi connectivity index (χ4v) is 2.56.